The number of aryl methyl sites for hydroxylation is 1. The highest BCUT2D eigenvalue weighted by atomic mass is 32.2. The number of halogens is 1. The monoisotopic (exact) mass is 378 g/mol. The maximum Gasteiger partial charge on any atom is 0.272 e. The first kappa shape index (κ1) is 17.3. The van der Waals surface area contributed by atoms with Crippen LogP contribution >= 0.6 is 11.3 Å². The molecule has 0 saturated heterocycles. The summed E-state index contributed by atoms with van der Waals surface area (Å²) < 4.78 is 39.9. The Morgan fingerprint density at radius 3 is 2.28 bits per heavy atom. The molecule has 0 aliphatic heterocycles. The second-order valence-electron chi connectivity index (χ2n) is 5.25. The Bertz CT molecular complexity index is 955. The van der Waals surface area contributed by atoms with Gasteiger partial charge in [-0.1, -0.05) is 12.1 Å². The smallest absolute Gasteiger partial charge is 0.272 e. The Labute approximate surface area is 148 Å². The lowest BCUT2D eigenvalue weighted by molar-refractivity contribution is 0.603. The third-order valence-electron chi connectivity index (χ3n) is 3.27. The summed E-state index contributed by atoms with van der Waals surface area (Å²) >= 11 is 1.19. The van der Waals surface area contributed by atoms with Gasteiger partial charge >= 0.3 is 0 Å². The van der Waals surface area contributed by atoms with Crippen molar-refractivity contribution in [3.8, 4) is 0 Å². The summed E-state index contributed by atoms with van der Waals surface area (Å²) in [5, 5.41) is 10.8. The molecule has 2 heterocycles. The maximum atomic E-state index is 12.9. The number of aromatic nitrogens is 2. The van der Waals surface area contributed by atoms with Crippen LogP contribution in [-0.4, -0.2) is 18.6 Å². The molecule has 0 saturated carbocycles. The summed E-state index contributed by atoms with van der Waals surface area (Å²) in [6.45, 7) is 2.29. The SMILES string of the molecule is Cc1ccc(S(=O)(=O)Nc2ccc(NCc3ccc(F)cc3)nn2)s1. The molecule has 6 nitrogen and oxygen atoms in total. The Morgan fingerprint density at radius 1 is 1.00 bits per heavy atom. The van der Waals surface area contributed by atoms with E-state index in [1.165, 1.54) is 29.5 Å². The van der Waals surface area contributed by atoms with Crippen LogP contribution in [0.1, 0.15) is 10.4 Å². The minimum Gasteiger partial charge on any atom is -0.365 e. The molecule has 0 unspecified atom stereocenters. The van der Waals surface area contributed by atoms with Crippen molar-refractivity contribution < 1.29 is 12.8 Å². The van der Waals surface area contributed by atoms with Crippen molar-refractivity contribution in [2.75, 3.05) is 10.0 Å². The van der Waals surface area contributed by atoms with Gasteiger partial charge in [0, 0.05) is 11.4 Å². The summed E-state index contributed by atoms with van der Waals surface area (Å²) in [6.07, 6.45) is 0. The zero-order valence-corrected chi connectivity index (χ0v) is 14.9. The molecule has 1 aromatic carbocycles. The van der Waals surface area contributed by atoms with E-state index in [0.29, 0.717) is 12.4 Å². The second kappa shape index (κ2) is 7.16. The zero-order chi connectivity index (χ0) is 17.9. The molecule has 3 rings (SSSR count). The summed E-state index contributed by atoms with van der Waals surface area (Å²) in [5.41, 5.74) is 0.890. The van der Waals surface area contributed by atoms with E-state index in [4.69, 9.17) is 0 Å². The Morgan fingerprint density at radius 2 is 1.68 bits per heavy atom. The van der Waals surface area contributed by atoms with Gasteiger partial charge in [-0.25, -0.2) is 12.8 Å². The quantitative estimate of drug-likeness (QED) is 0.687. The van der Waals surface area contributed by atoms with Gasteiger partial charge in [-0.05, 0) is 48.9 Å². The molecule has 0 aliphatic carbocycles. The zero-order valence-electron chi connectivity index (χ0n) is 13.2. The Balaban J connectivity index is 1.63. The van der Waals surface area contributed by atoms with Crippen LogP contribution in [0.2, 0.25) is 0 Å². The van der Waals surface area contributed by atoms with Crippen molar-refractivity contribution >= 4 is 33.0 Å². The predicted octanol–water partition coefficient (Wildman–Crippen LogP) is 3.40. The second-order valence-corrected chi connectivity index (χ2v) is 8.45. The fraction of sp³-hybridized carbons (Fsp3) is 0.125. The molecular weight excluding hydrogens is 363 g/mol. The molecule has 25 heavy (non-hydrogen) atoms. The Hall–Kier alpha value is -2.52. The van der Waals surface area contributed by atoms with Crippen molar-refractivity contribution in [2.24, 2.45) is 0 Å². The average molecular weight is 378 g/mol. The number of rotatable bonds is 6. The molecule has 2 aromatic heterocycles. The molecule has 130 valence electrons. The van der Waals surface area contributed by atoms with Gasteiger partial charge in [-0.2, -0.15) is 0 Å². The average Bonchev–Trinajstić information content (AvgIpc) is 3.03. The molecule has 0 radical (unpaired) electrons. The highest BCUT2D eigenvalue weighted by Gasteiger charge is 2.17. The first-order valence-corrected chi connectivity index (χ1v) is 9.64. The summed E-state index contributed by atoms with van der Waals surface area (Å²) in [7, 11) is -3.65. The van der Waals surface area contributed by atoms with E-state index in [1.807, 2.05) is 6.92 Å². The molecule has 0 aliphatic rings. The van der Waals surface area contributed by atoms with Crippen LogP contribution < -0.4 is 10.0 Å². The van der Waals surface area contributed by atoms with Crippen molar-refractivity contribution in [1.29, 1.82) is 0 Å². The molecule has 0 bridgehead atoms. The predicted molar refractivity (Wildman–Crippen MR) is 95.6 cm³/mol. The van der Waals surface area contributed by atoms with Gasteiger partial charge in [0.25, 0.3) is 10.0 Å². The van der Waals surface area contributed by atoms with Gasteiger partial charge in [0.2, 0.25) is 0 Å². The molecule has 0 amide bonds. The minimum absolute atomic E-state index is 0.137. The highest BCUT2D eigenvalue weighted by molar-refractivity contribution is 7.94. The first-order valence-electron chi connectivity index (χ1n) is 7.34. The first-order chi connectivity index (χ1) is 11.9. The lowest BCUT2D eigenvalue weighted by atomic mass is 10.2. The third kappa shape index (κ3) is 4.52. The number of nitrogens with one attached hydrogen (secondary N) is 2. The van der Waals surface area contributed by atoms with E-state index in [2.05, 4.69) is 20.2 Å². The maximum absolute atomic E-state index is 12.9. The van der Waals surface area contributed by atoms with Crippen LogP contribution in [0, 0.1) is 12.7 Å². The van der Waals surface area contributed by atoms with Crippen LogP contribution in [0.25, 0.3) is 0 Å². The van der Waals surface area contributed by atoms with Crippen LogP contribution in [0.3, 0.4) is 0 Å². The lowest BCUT2D eigenvalue weighted by Crippen LogP contribution is -2.13. The van der Waals surface area contributed by atoms with Crippen molar-refractivity contribution in [3.05, 3.63) is 64.8 Å². The topological polar surface area (TPSA) is 84.0 Å². The van der Waals surface area contributed by atoms with Gasteiger partial charge in [0.15, 0.2) is 5.82 Å². The number of sulfonamides is 1. The molecule has 9 heteroatoms. The van der Waals surface area contributed by atoms with E-state index in [0.717, 1.165) is 10.4 Å². The fourth-order valence-electron chi connectivity index (χ4n) is 2.02. The molecular formula is C16H15FN4O2S2. The summed E-state index contributed by atoms with van der Waals surface area (Å²) in [5.74, 6) is 0.332. The molecule has 0 fully saturated rings. The van der Waals surface area contributed by atoms with E-state index in [-0.39, 0.29) is 15.8 Å². The number of hydrogen-bond acceptors (Lipinski definition) is 6. The van der Waals surface area contributed by atoms with Crippen LogP contribution in [0.4, 0.5) is 16.0 Å². The van der Waals surface area contributed by atoms with Crippen LogP contribution in [0.5, 0.6) is 0 Å². The fourth-order valence-corrected chi connectivity index (χ4v) is 4.30. The van der Waals surface area contributed by atoms with Gasteiger partial charge in [-0.3, -0.25) is 4.72 Å². The minimum atomic E-state index is -3.65. The largest absolute Gasteiger partial charge is 0.365 e. The molecule has 3 aromatic rings. The summed E-state index contributed by atoms with van der Waals surface area (Å²) in [6, 6.07) is 12.5. The van der Waals surface area contributed by atoms with E-state index in [1.54, 1.807) is 30.3 Å². The van der Waals surface area contributed by atoms with E-state index >= 15 is 0 Å². The molecule has 0 spiro atoms. The van der Waals surface area contributed by atoms with Crippen LogP contribution in [0.15, 0.2) is 52.7 Å². The molecule has 2 N–H and O–H groups in total. The number of anilines is 2. The van der Waals surface area contributed by atoms with Crippen molar-refractivity contribution in [2.45, 2.75) is 17.7 Å². The molecule has 0 atom stereocenters. The summed E-state index contributed by atoms with van der Waals surface area (Å²) in [4.78, 5) is 0.909. The van der Waals surface area contributed by atoms with E-state index in [9.17, 15) is 12.8 Å². The van der Waals surface area contributed by atoms with Gasteiger partial charge < -0.3 is 5.32 Å². The lowest BCUT2D eigenvalue weighted by Gasteiger charge is -2.07. The van der Waals surface area contributed by atoms with Gasteiger partial charge in [-0.15, -0.1) is 21.5 Å². The van der Waals surface area contributed by atoms with E-state index < -0.39 is 10.0 Å². The van der Waals surface area contributed by atoms with Gasteiger partial charge in [0.05, 0.1) is 0 Å². The van der Waals surface area contributed by atoms with Crippen molar-refractivity contribution in [3.63, 3.8) is 0 Å². The number of hydrogen-bond donors (Lipinski definition) is 2. The van der Waals surface area contributed by atoms with Crippen LogP contribution in [-0.2, 0) is 16.6 Å². The van der Waals surface area contributed by atoms with Crippen molar-refractivity contribution in [1.82, 2.24) is 10.2 Å². The number of thiophene rings is 1. The Kier molecular flexibility index (Phi) is 4.95. The standard InChI is InChI=1S/C16H15FN4O2S2/c1-11-2-9-16(24-11)25(22,23)21-15-8-7-14(19-20-15)18-10-12-3-5-13(17)6-4-12/h2-9H,10H2,1H3,(H,18,19)(H,20,21). The third-order valence-corrected chi connectivity index (χ3v) is 6.12. The highest BCUT2D eigenvalue weighted by Crippen LogP contribution is 2.22. The number of nitrogens with zero attached hydrogens (tertiary/aromatic N) is 2. The number of benzene rings is 1. The normalized spacial score (nSPS) is 11.3. The van der Waals surface area contributed by atoms with Gasteiger partial charge in [0.1, 0.15) is 15.8 Å².